The van der Waals surface area contributed by atoms with Gasteiger partial charge in [0.1, 0.15) is 5.65 Å². The molecule has 0 bridgehead atoms. The first-order valence-electron chi connectivity index (χ1n) is 7.08. The van der Waals surface area contributed by atoms with Crippen molar-refractivity contribution in [1.82, 2.24) is 14.9 Å². The van der Waals surface area contributed by atoms with Crippen LogP contribution >= 0.6 is 0 Å². The van der Waals surface area contributed by atoms with Crippen molar-refractivity contribution in [3.05, 3.63) is 41.4 Å². The highest BCUT2D eigenvalue weighted by Crippen LogP contribution is 2.24. The fourth-order valence-corrected chi connectivity index (χ4v) is 2.26. The van der Waals surface area contributed by atoms with Gasteiger partial charge in [0.05, 0.1) is 5.69 Å². The second-order valence-corrected chi connectivity index (χ2v) is 6.45. The second kappa shape index (κ2) is 6.21. The van der Waals surface area contributed by atoms with E-state index in [0.717, 1.165) is 0 Å². The highest BCUT2D eigenvalue weighted by molar-refractivity contribution is 5.91. The molecule has 0 fully saturated rings. The smallest absolute Gasteiger partial charge is 0.356 e. The Labute approximate surface area is 133 Å². The lowest BCUT2D eigenvalue weighted by Gasteiger charge is -2.18. The molecule has 7 nitrogen and oxygen atoms in total. The van der Waals surface area contributed by atoms with Crippen LogP contribution in [0.5, 0.6) is 0 Å². The van der Waals surface area contributed by atoms with Gasteiger partial charge < -0.3 is 9.51 Å². The molecule has 0 aliphatic heterocycles. The summed E-state index contributed by atoms with van der Waals surface area (Å²) in [6, 6.07) is 3.41. The van der Waals surface area contributed by atoms with Gasteiger partial charge in [-0.3, -0.25) is 10.0 Å². The van der Waals surface area contributed by atoms with E-state index in [1.54, 1.807) is 22.7 Å². The summed E-state index contributed by atoms with van der Waals surface area (Å²) in [6.45, 7) is 6.06. The van der Waals surface area contributed by atoms with Crippen LogP contribution in [0.1, 0.15) is 42.5 Å². The highest BCUT2D eigenvalue weighted by atomic mass is 16.5. The number of pyridine rings is 1. The Kier molecular flexibility index (Phi) is 4.51. The molecule has 2 aromatic rings. The van der Waals surface area contributed by atoms with E-state index in [4.69, 9.17) is 5.21 Å². The Hall–Kier alpha value is -2.67. The van der Waals surface area contributed by atoms with Gasteiger partial charge in [0.15, 0.2) is 5.69 Å². The van der Waals surface area contributed by atoms with E-state index in [2.05, 4.69) is 4.98 Å². The zero-order valence-corrected chi connectivity index (χ0v) is 13.2. The number of fused-ring (bicyclic) bond motifs is 1. The molecule has 0 aliphatic rings. The molecule has 3 N–H and O–H groups in total. The monoisotopic (exact) mass is 317 g/mol. The number of nitrogens with one attached hydrogen (secondary N) is 1. The van der Waals surface area contributed by atoms with Crippen molar-refractivity contribution >= 4 is 23.6 Å². The predicted molar refractivity (Wildman–Crippen MR) is 84.3 cm³/mol. The predicted octanol–water partition coefficient (Wildman–Crippen LogP) is 2.14. The number of imidazole rings is 1. The number of rotatable bonds is 4. The quantitative estimate of drug-likeness (QED) is 0.455. The molecule has 0 unspecified atom stereocenters. The van der Waals surface area contributed by atoms with E-state index in [1.807, 2.05) is 20.8 Å². The molecule has 0 aromatic carbocycles. The van der Waals surface area contributed by atoms with Crippen LogP contribution in [0.15, 0.2) is 24.4 Å². The topological polar surface area (TPSA) is 104 Å². The number of hydrogen-bond donors (Lipinski definition) is 3. The maximum atomic E-state index is 11.4. The first-order chi connectivity index (χ1) is 10.7. The molecule has 7 heteroatoms. The SMILES string of the molecule is CC(C)(C)Cc1c(C(=O)O)nc2ccc(/C=C/C(=O)NO)cn12. The minimum Gasteiger partial charge on any atom is -0.476 e. The standard InChI is InChI=1S/C16H19N3O4/c1-16(2,3)8-11-14(15(21)22)17-12-6-4-10(9-19(11)12)5-7-13(20)18-23/h4-7,9,23H,8H2,1-3H3,(H,18,20)(H,21,22)/b7-5+. The summed E-state index contributed by atoms with van der Waals surface area (Å²) in [4.78, 5) is 26.7. The van der Waals surface area contributed by atoms with Gasteiger partial charge in [-0.25, -0.2) is 15.3 Å². The van der Waals surface area contributed by atoms with Gasteiger partial charge in [-0.1, -0.05) is 20.8 Å². The minimum atomic E-state index is -1.07. The number of carbonyl (C=O) groups excluding carboxylic acids is 1. The molecule has 0 saturated heterocycles. The van der Waals surface area contributed by atoms with Crippen molar-refractivity contribution in [2.45, 2.75) is 27.2 Å². The summed E-state index contributed by atoms with van der Waals surface area (Å²) in [7, 11) is 0. The fraction of sp³-hybridized carbons (Fsp3) is 0.312. The zero-order valence-electron chi connectivity index (χ0n) is 13.2. The number of hydroxylamine groups is 1. The van der Waals surface area contributed by atoms with Crippen LogP contribution in [0.25, 0.3) is 11.7 Å². The average Bonchev–Trinajstić information content (AvgIpc) is 2.81. The summed E-state index contributed by atoms with van der Waals surface area (Å²) in [5.74, 6) is -1.71. The molecule has 1 amide bonds. The third-order valence-electron chi connectivity index (χ3n) is 3.18. The van der Waals surface area contributed by atoms with Gasteiger partial charge in [0.2, 0.25) is 0 Å². The highest BCUT2D eigenvalue weighted by Gasteiger charge is 2.23. The maximum Gasteiger partial charge on any atom is 0.356 e. The molecule has 23 heavy (non-hydrogen) atoms. The third-order valence-corrected chi connectivity index (χ3v) is 3.18. The lowest BCUT2D eigenvalue weighted by atomic mass is 9.90. The molecular weight excluding hydrogens is 298 g/mol. The van der Waals surface area contributed by atoms with Crippen molar-refractivity contribution in [3.63, 3.8) is 0 Å². The Morgan fingerprint density at radius 2 is 2.04 bits per heavy atom. The third kappa shape index (κ3) is 3.95. The number of amides is 1. The maximum absolute atomic E-state index is 11.4. The van der Waals surface area contributed by atoms with Crippen LogP contribution in [0.2, 0.25) is 0 Å². The van der Waals surface area contributed by atoms with Gasteiger partial charge in [-0.2, -0.15) is 0 Å². The van der Waals surface area contributed by atoms with E-state index in [1.165, 1.54) is 17.6 Å². The number of carboxylic acid groups (broad SMARTS) is 1. The van der Waals surface area contributed by atoms with Crippen molar-refractivity contribution < 1.29 is 19.9 Å². The number of carbonyl (C=O) groups is 2. The van der Waals surface area contributed by atoms with Gasteiger partial charge >= 0.3 is 5.97 Å². The molecule has 2 aromatic heterocycles. The Balaban J connectivity index is 2.55. The summed E-state index contributed by atoms with van der Waals surface area (Å²) < 4.78 is 1.73. The van der Waals surface area contributed by atoms with E-state index in [0.29, 0.717) is 23.3 Å². The number of aromatic carboxylic acids is 1. The van der Waals surface area contributed by atoms with Gasteiger partial charge in [0.25, 0.3) is 5.91 Å². The summed E-state index contributed by atoms with van der Waals surface area (Å²) in [6.07, 6.45) is 4.96. The molecule has 0 radical (unpaired) electrons. The number of carboxylic acids is 1. The van der Waals surface area contributed by atoms with Crippen LogP contribution in [-0.4, -0.2) is 31.6 Å². The molecule has 2 rings (SSSR count). The fourth-order valence-electron chi connectivity index (χ4n) is 2.26. The molecule has 0 aliphatic carbocycles. The first-order valence-corrected chi connectivity index (χ1v) is 7.08. The Bertz CT molecular complexity index is 784. The lowest BCUT2D eigenvalue weighted by Crippen LogP contribution is -2.15. The number of aromatic nitrogens is 2. The molecule has 0 atom stereocenters. The van der Waals surface area contributed by atoms with Crippen LogP contribution < -0.4 is 5.48 Å². The largest absolute Gasteiger partial charge is 0.476 e. The van der Waals surface area contributed by atoms with Crippen LogP contribution in [0.4, 0.5) is 0 Å². The van der Waals surface area contributed by atoms with Crippen molar-refractivity contribution in [2.24, 2.45) is 5.41 Å². The normalized spacial score (nSPS) is 12.0. The second-order valence-electron chi connectivity index (χ2n) is 6.45. The van der Waals surface area contributed by atoms with E-state index >= 15 is 0 Å². The van der Waals surface area contributed by atoms with Crippen LogP contribution in [0.3, 0.4) is 0 Å². The molecule has 0 saturated carbocycles. The van der Waals surface area contributed by atoms with E-state index in [9.17, 15) is 14.7 Å². The molecule has 122 valence electrons. The Morgan fingerprint density at radius 1 is 1.35 bits per heavy atom. The number of hydrogen-bond acceptors (Lipinski definition) is 4. The van der Waals surface area contributed by atoms with Gasteiger partial charge in [-0.15, -0.1) is 0 Å². The molecule has 2 heterocycles. The van der Waals surface area contributed by atoms with E-state index < -0.39 is 11.9 Å². The number of nitrogens with zero attached hydrogens (tertiary/aromatic N) is 2. The van der Waals surface area contributed by atoms with Gasteiger partial charge in [0, 0.05) is 12.3 Å². The first kappa shape index (κ1) is 16.7. The van der Waals surface area contributed by atoms with Crippen molar-refractivity contribution in [1.29, 1.82) is 0 Å². The molecular formula is C16H19N3O4. The summed E-state index contributed by atoms with van der Waals surface area (Å²) >= 11 is 0. The van der Waals surface area contributed by atoms with Crippen LogP contribution in [-0.2, 0) is 11.2 Å². The summed E-state index contributed by atoms with van der Waals surface area (Å²) in [5.41, 5.74) is 3.27. The van der Waals surface area contributed by atoms with Crippen LogP contribution in [0, 0.1) is 5.41 Å². The van der Waals surface area contributed by atoms with E-state index in [-0.39, 0.29) is 11.1 Å². The van der Waals surface area contributed by atoms with Gasteiger partial charge in [-0.05, 0) is 35.6 Å². The van der Waals surface area contributed by atoms with Crippen molar-refractivity contribution in [3.8, 4) is 0 Å². The zero-order chi connectivity index (χ0) is 17.2. The van der Waals surface area contributed by atoms with Crippen molar-refractivity contribution in [2.75, 3.05) is 0 Å². The molecule has 0 spiro atoms. The lowest BCUT2D eigenvalue weighted by molar-refractivity contribution is -0.124. The average molecular weight is 317 g/mol. The Morgan fingerprint density at radius 3 is 2.61 bits per heavy atom. The minimum absolute atomic E-state index is 0.0363. The summed E-state index contributed by atoms with van der Waals surface area (Å²) in [5, 5.41) is 17.9.